The summed E-state index contributed by atoms with van der Waals surface area (Å²) in [5, 5.41) is 16.5. The molecule has 1 aromatic rings. The van der Waals surface area contributed by atoms with Gasteiger partial charge >= 0.3 is 0 Å². The molecule has 1 fully saturated rings. The van der Waals surface area contributed by atoms with Gasteiger partial charge in [0.2, 0.25) is 5.91 Å². The first-order chi connectivity index (χ1) is 9.52. The number of hydrogen-bond acceptors (Lipinski definition) is 3. The van der Waals surface area contributed by atoms with Crippen LogP contribution in [0.25, 0.3) is 0 Å². The molecule has 0 bridgehead atoms. The second-order valence-corrected chi connectivity index (χ2v) is 5.80. The van der Waals surface area contributed by atoms with Crippen molar-refractivity contribution in [3.63, 3.8) is 0 Å². The Kier molecular flexibility index (Phi) is 4.81. The van der Waals surface area contributed by atoms with E-state index in [1.807, 2.05) is 25.6 Å². The van der Waals surface area contributed by atoms with Crippen LogP contribution in [0, 0.1) is 19.8 Å². The summed E-state index contributed by atoms with van der Waals surface area (Å²) in [5.41, 5.74) is 3.31. The van der Waals surface area contributed by atoms with Crippen molar-refractivity contribution in [2.75, 3.05) is 6.61 Å². The molecule has 1 aromatic heterocycles. The number of carbonyl (C=O) groups excluding carboxylic acids is 1. The maximum Gasteiger partial charge on any atom is 0.220 e. The first-order valence-corrected chi connectivity index (χ1v) is 7.42. The van der Waals surface area contributed by atoms with Crippen LogP contribution in [-0.2, 0) is 18.3 Å². The van der Waals surface area contributed by atoms with E-state index >= 15 is 0 Å². The number of aryl methyl sites for hydroxylation is 2. The third kappa shape index (κ3) is 3.60. The van der Waals surface area contributed by atoms with Gasteiger partial charge in [0.25, 0.3) is 0 Å². The number of carbonyl (C=O) groups is 1. The van der Waals surface area contributed by atoms with Gasteiger partial charge in [-0.05, 0) is 51.0 Å². The summed E-state index contributed by atoms with van der Waals surface area (Å²) >= 11 is 0. The van der Waals surface area contributed by atoms with Crippen molar-refractivity contribution in [3.8, 4) is 0 Å². The fourth-order valence-corrected chi connectivity index (χ4v) is 2.76. The average Bonchev–Trinajstić information content (AvgIpc) is 3.18. The minimum absolute atomic E-state index is 0.0815. The Morgan fingerprint density at radius 1 is 1.50 bits per heavy atom. The summed E-state index contributed by atoms with van der Waals surface area (Å²) in [6, 6.07) is 0.156. The number of amides is 1. The van der Waals surface area contributed by atoms with Crippen molar-refractivity contribution in [3.05, 3.63) is 17.0 Å². The highest BCUT2D eigenvalue weighted by Gasteiger charge is 2.31. The van der Waals surface area contributed by atoms with Crippen LogP contribution in [0.4, 0.5) is 0 Å². The monoisotopic (exact) mass is 279 g/mol. The zero-order valence-electron chi connectivity index (χ0n) is 12.6. The Morgan fingerprint density at radius 2 is 2.20 bits per heavy atom. The minimum Gasteiger partial charge on any atom is -0.396 e. The molecule has 2 N–H and O–H groups in total. The molecule has 112 valence electrons. The predicted octanol–water partition coefficient (Wildman–Crippen LogP) is 1.25. The van der Waals surface area contributed by atoms with Crippen LogP contribution in [-0.4, -0.2) is 33.4 Å². The third-order valence-corrected chi connectivity index (χ3v) is 4.24. The normalized spacial score (nSPS) is 16.2. The molecule has 0 saturated heterocycles. The van der Waals surface area contributed by atoms with Crippen LogP contribution in [0.1, 0.15) is 42.6 Å². The number of hydrogen-bond donors (Lipinski definition) is 2. The van der Waals surface area contributed by atoms with Crippen LogP contribution in [0.5, 0.6) is 0 Å². The fourth-order valence-electron chi connectivity index (χ4n) is 2.76. The summed E-state index contributed by atoms with van der Waals surface area (Å²) in [6.45, 7) is 4.16. The number of aromatic nitrogens is 2. The molecule has 2 rings (SSSR count). The maximum atomic E-state index is 12.0. The van der Waals surface area contributed by atoms with Gasteiger partial charge in [-0.15, -0.1) is 0 Å². The van der Waals surface area contributed by atoms with E-state index < -0.39 is 0 Å². The molecule has 0 aliphatic heterocycles. The summed E-state index contributed by atoms with van der Waals surface area (Å²) in [5.74, 6) is 0.658. The van der Waals surface area contributed by atoms with Gasteiger partial charge < -0.3 is 10.4 Å². The van der Waals surface area contributed by atoms with Crippen LogP contribution in [0.2, 0.25) is 0 Å². The van der Waals surface area contributed by atoms with Gasteiger partial charge in [-0.25, -0.2) is 0 Å². The molecule has 0 radical (unpaired) electrons. The molecule has 1 aliphatic carbocycles. The van der Waals surface area contributed by atoms with E-state index in [1.54, 1.807) is 0 Å². The van der Waals surface area contributed by atoms with Gasteiger partial charge in [0.05, 0.1) is 5.69 Å². The van der Waals surface area contributed by atoms with Crippen LogP contribution in [0.3, 0.4) is 0 Å². The molecule has 1 aliphatic rings. The molecule has 5 nitrogen and oxygen atoms in total. The number of nitrogens with one attached hydrogen (secondary N) is 1. The third-order valence-electron chi connectivity index (χ3n) is 4.24. The highest BCUT2D eigenvalue weighted by atomic mass is 16.3. The zero-order valence-corrected chi connectivity index (χ0v) is 12.6. The van der Waals surface area contributed by atoms with E-state index in [2.05, 4.69) is 10.4 Å². The molecular weight excluding hydrogens is 254 g/mol. The van der Waals surface area contributed by atoms with E-state index in [0.29, 0.717) is 18.8 Å². The number of aliphatic hydroxyl groups excluding tert-OH is 1. The smallest absolute Gasteiger partial charge is 0.220 e. The van der Waals surface area contributed by atoms with E-state index in [4.69, 9.17) is 5.11 Å². The van der Waals surface area contributed by atoms with Crippen molar-refractivity contribution in [1.82, 2.24) is 15.1 Å². The molecule has 0 aromatic carbocycles. The lowest BCUT2D eigenvalue weighted by Crippen LogP contribution is -2.37. The van der Waals surface area contributed by atoms with Crippen molar-refractivity contribution in [2.45, 2.75) is 52.0 Å². The Labute approximate surface area is 120 Å². The highest BCUT2D eigenvalue weighted by Crippen LogP contribution is 2.33. The van der Waals surface area contributed by atoms with Gasteiger partial charge in [0.15, 0.2) is 0 Å². The Hall–Kier alpha value is -1.36. The van der Waals surface area contributed by atoms with E-state index in [-0.39, 0.29) is 18.6 Å². The molecule has 20 heavy (non-hydrogen) atoms. The Bertz CT molecular complexity index is 478. The Morgan fingerprint density at radius 3 is 2.70 bits per heavy atom. The first-order valence-electron chi connectivity index (χ1n) is 7.42. The second-order valence-electron chi connectivity index (χ2n) is 5.80. The summed E-state index contributed by atoms with van der Waals surface area (Å²) in [6.07, 6.45) is 4.23. The van der Waals surface area contributed by atoms with Crippen molar-refractivity contribution in [1.29, 1.82) is 0 Å². The lowest BCUT2D eigenvalue weighted by molar-refractivity contribution is -0.122. The van der Waals surface area contributed by atoms with E-state index in [0.717, 1.165) is 17.8 Å². The van der Waals surface area contributed by atoms with Crippen LogP contribution >= 0.6 is 0 Å². The van der Waals surface area contributed by atoms with Crippen LogP contribution < -0.4 is 5.32 Å². The van der Waals surface area contributed by atoms with Gasteiger partial charge in [0.1, 0.15) is 0 Å². The van der Waals surface area contributed by atoms with Gasteiger partial charge in [0, 0.05) is 31.8 Å². The molecule has 5 heteroatoms. The molecule has 1 heterocycles. The van der Waals surface area contributed by atoms with Crippen molar-refractivity contribution in [2.24, 2.45) is 13.0 Å². The molecular formula is C15H25N3O2. The van der Waals surface area contributed by atoms with Gasteiger partial charge in [-0.1, -0.05) is 0 Å². The molecule has 1 unspecified atom stereocenters. The topological polar surface area (TPSA) is 67.2 Å². The average molecular weight is 279 g/mol. The summed E-state index contributed by atoms with van der Waals surface area (Å²) in [4.78, 5) is 12.0. The standard InChI is InChI=1S/C15H25N3O2/c1-10-13(11(2)18(3)17-10)6-7-15(20)16-14(8-9-19)12-4-5-12/h12,14,19H,4-9H2,1-3H3,(H,16,20). The number of rotatable bonds is 7. The SMILES string of the molecule is Cc1nn(C)c(C)c1CCC(=O)NC(CCO)C1CC1. The lowest BCUT2D eigenvalue weighted by Gasteiger charge is -2.17. The number of aliphatic hydroxyl groups is 1. The first kappa shape index (κ1) is 15.0. The maximum absolute atomic E-state index is 12.0. The largest absolute Gasteiger partial charge is 0.396 e. The van der Waals surface area contributed by atoms with Crippen molar-refractivity contribution < 1.29 is 9.90 Å². The number of nitrogens with zero attached hydrogens (tertiary/aromatic N) is 2. The van der Waals surface area contributed by atoms with E-state index in [1.165, 1.54) is 18.4 Å². The molecule has 1 saturated carbocycles. The second kappa shape index (κ2) is 6.39. The van der Waals surface area contributed by atoms with Crippen LogP contribution in [0.15, 0.2) is 0 Å². The highest BCUT2D eigenvalue weighted by molar-refractivity contribution is 5.76. The zero-order chi connectivity index (χ0) is 14.7. The van der Waals surface area contributed by atoms with Gasteiger partial charge in [-0.2, -0.15) is 5.10 Å². The lowest BCUT2D eigenvalue weighted by atomic mass is 10.1. The minimum atomic E-state index is 0.0815. The van der Waals surface area contributed by atoms with Crippen molar-refractivity contribution >= 4 is 5.91 Å². The molecule has 1 amide bonds. The summed E-state index contributed by atoms with van der Waals surface area (Å²) in [7, 11) is 1.93. The summed E-state index contributed by atoms with van der Waals surface area (Å²) < 4.78 is 1.86. The molecule has 0 spiro atoms. The molecule has 1 atom stereocenters. The Balaban J connectivity index is 1.85. The predicted molar refractivity (Wildman–Crippen MR) is 77.4 cm³/mol. The quantitative estimate of drug-likeness (QED) is 0.789. The van der Waals surface area contributed by atoms with Gasteiger partial charge in [-0.3, -0.25) is 9.48 Å². The van der Waals surface area contributed by atoms with E-state index in [9.17, 15) is 4.79 Å². The fraction of sp³-hybridized carbons (Fsp3) is 0.733.